The number of aromatic nitrogens is 3. The number of pyridine rings is 1. The second-order valence-electron chi connectivity index (χ2n) is 11.3. The maximum Gasteiger partial charge on any atom is 0.223 e. The molecule has 0 spiro atoms. The van der Waals surface area contributed by atoms with Crippen molar-refractivity contribution in [2.24, 2.45) is 5.92 Å². The Balaban J connectivity index is 1.36. The number of benzene rings is 1. The Hall–Kier alpha value is -3.22. The highest BCUT2D eigenvalue weighted by Crippen LogP contribution is 2.46. The summed E-state index contributed by atoms with van der Waals surface area (Å²) in [6.07, 6.45) is 5.61. The summed E-state index contributed by atoms with van der Waals surface area (Å²) in [5, 5.41) is 8.35. The first-order chi connectivity index (χ1) is 21.4. The van der Waals surface area contributed by atoms with Gasteiger partial charge in [-0.05, 0) is 25.0 Å². The Labute approximate surface area is 266 Å². The molecule has 1 unspecified atom stereocenters. The van der Waals surface area contributed by atoms with Gasteiger partial charge in [-0.1, -0.05) is 29.8 Å². The molecule has 44 heavy (non-hydrogen) atoms. The third kappa shape index (κ3) is 6.29. The fraction of sp³-hybridized carbons (Fsp3) is 0.484. The molecule has 13 heteroatoms. The third-order valence-electron chi connectivity index (χ3n) is 8.53. The van der Waals surface area contributed by atoms with Crippen LogP contribution >= 0.6 is 23.2 Å². The van der Waals surface area contributed by atoms with Crippen molar-refractivity contribution in [3.05, 3.63) is 41.0 Å². The lowest BCUT2D eigenvalue weighted by atomic mass is 9.97. The first-order valence-corrected chi connectivity index (χ1v) is 15.5. The third-order valence-corrected chi connectivity index (χ3v) is 9.28. The van der Waals surface area contributed by atoms with Crippen LogP contribution in [0.2, 0.25) is 10.0 Å². The minimum absolute atomic E-state index is 0.0191. The van der Waals surface area contributed by atoms with Crippen LogP contribution in [0.1, 0.15) is 19.3 Å². The highest BCUT2D eigenvalue weighted by atomic mass is 35.5. The minimum atomic E-state index is -0.0191. The Morgan fingerprint density at radius 2 is 1.93 bits per heavy atom. The number of methoxy groups -OCH3 is 2. The molecule has 5 heterocycles. The Morgan fingerprint density at radius 3 is 2.57 bits per heavy atom. The second kappa shape index (κ2) is 13.4. The van der Waals surface area contributed by atoms with Crippen LogP contribution in [0.4, 0.5) is 11.8 Å². The predicted octanol–water partition coefficient (Wildman–Crippen LogP) is 4.86. The number of likely N-dealkylation sites (tertiary alicyclic amines) is 1. The summed E-state index contributed by atoms with van der Waals surface area (Å²) in [5.41, 5.74) is 1.63. The molecule has 2 aromatic heterocycles. The fourth-order valence-corrected chi connectivity index (χ4v) is 6.70. The number of ketones is 1. The Bertz CT molecular complexity index is 1520. The molecule has 3 fully saturated rings. The molecule has 3 aliphatic rings. The molecule has 3 aromatic rings. The molecule has 3 saturated heterocycles. The lowest BCUT2D eigenvalue weighted by Crippen LogP contribution is -2.48. The smallest absolute Gasteiger partial charge is 0.223 e. The van der Waals surface area contributed by atoms with Crippen molar-refractivity contribution in [3.63, 3.8) is 0 Å². The van der Waals surface area contributed by atoms with Crippen molar-refractivity contribution in [1.29, 1.82) is 0 Å². The van der Waals surface area contributed by atoms with E-state index >= 15 is 0 Å². The van der Waals surface area contributed by atoms with E-state index in [4.69, 9.17) is 52.1 Å². The summed E-state index contributed by atoms with van der Waals surface area (Å²) < 4.78 is 22.2. The number of anilines is 2. The molecule has 0 amide bonds. The zero-order chi connectivity index (χ0) is 30.8. The predicted molar refractivity (Wildman–Crippen MR) is 170 cm³/mol. The molecule has 0 saturated carbocycles. The number of hydrogen-bond donors (Lipinski definition) is 2. The topological polar surface area (TPSA) is 120 Å². The first-order valence-electron chi connectivity index (χ1n) is 14.8. The van der Waals surface area contributed by atoms with Gasteiger partial charge in [-0.15, -0.1) is 0 Å². The minimum Gasteiger partial charge on any atom is -0.495 e. The van der Waals surface area contributed by atoms with Gasteiger partial charge < -0.3 is 29.6 Å². The molecule has 0 bridgehead atoms. The van der Waals surface area contributed by atoms with Gasteiger partial charge in [0, 0.05) is 67.8 Å². The van der Waals surface area contributed by atoms with E-state index < -0.39 is 0 Å². The van der Waals surface area contributed by atoms with Crippen LogP contribution in [-0.4, -0.2) is 97.5 Å². The SMILES string of the molecule is C=CC(=O)C[C@H]1CN(C2COC2)C[C@H]1Nc1ncc2cc(-c3c(Cl)c(OC)cc(OC)c3Cl)nc(NCC3CCCO3)c2n1. The molecular formula is C31H36Cl2N6O5. The molecule has 3 atom stereocenters. The van der Waals surface area contributed by atoms with Gasteiger partial charge in [0.2, 0.25) is 5.95 Å². The van der Waals surface area contributed by atoms with Crippen LogP contribution in [0.15, 0.2) is 31.0 Å². The number of carbonyl (C=O) groups is 1. The molecule has 6 rings (SSSR count). The van der Waals surface area contributed by atoms with Crippen molar-refractivity contribution in [2.45, 2.75) is 37.5 Å². The summed E-state index contributed by atoms with van der Waals surface area (Å²) in [4.78, 5) is 29.2. The number of rotatable bonds is 12. The van der Waals surface area contributed by atoms with E-state index in [9.17, 15) is 4.79 Å². The number of halogens is 2. The average molecular weight is 644 g/mol. The van der Waals surface area contributed by atoms with Crippen molar-refractivity contribution < 1.29 is 23.7 Å². The van der Waals surface area contributed by atoms with E-state index in [0.29, 0.717) is 82.3 Å². The number of hydrogen-bond acceptors (Lipinski definition) is 11. The van der Waals surface area contributed by atoms with Gasteiger partial charge in [0.15, 0.2) is 11.6 Å². The summed E-state index contributed by atoms with van der Waals surface area (Å²) in [5.74, 6) is 1.95. The average Bonchev–Trinajstić information content (AvgIpc) is 3.65. The quantitative estimate of drug-likeness (QED) is 0.263. The van der Waals surface area contributed by atoms with E-state index in [1.807, 2.05) is 6.07 Å². The van der Waals surface area contributed by atoms with Crippen LogP contribution in [0.5, 0.6) is 11.5 Å². The van der Waals surface area contributed by atoms with Crippen molar-refractivity contribution in [2.75, 3.05) is 64.3 Å². The Kier molecular flexibility index (Phi) is 9.39. The number of nitrogens with zero attached hydrogens (tertiary/aromatic N) is 4. The fourth-order valence-electron chi connectivity index (χ4n) is 6.00. The first kappa shape index (κ1) is 30.8. The zero-order valence-corrected chi connectivity index (χ0v) is 26.3. The van der Waals surface area contributed by atoms with Gasteiger partial charge in [0.05, 0.1) is 55.3 Å². The molecule has 1 aromatic carbocycles. The molecule has 0 radical (unpaired) electrons. The van der Waals surface area contributed by atoms with Gasteiger partial charge in [-0.2, -0.15) is 0 Å². The standard InChI is InChI=1S/C31H36Cl2N6O5/c1-4-20(40)8-18-13-39(19-15-43-16-19)14-23(18)37-31-35-11-17-9-22(26-27(32)24(41-2)10-25(42-3)28(26)33)36-30(29(17)38-31)34-12-21-6-5-7-44-21/h4,9-11,18-19,21,23H,1,5-8,12-16H2,2-3H3,(H,34,36)(H,35,37,38)/t18-,21?,23+/m0/s1. The van der Waals surface area contributed by atoms with Crippen LogP contribution in [0.25, 0.3) is 22.2 Å². The van der Waals surface area contributed by atoms with Crippen molar-refractivity contribution in [1.82, 2.24) is 19.9 Å². The van der Waals surface area contributed by atoms with Crippen molar-refractivity contribution >= 4 is 51.7 Å². The number of nitrogens with one attached hydrogen (secondary N) is 2. The van der Waals surface area contributed by atoms with Gasteiger partial charge in [0.1, 0.15) is 17.0 Å². The van der Waals surface area contributed by atoms with Gasteiger partial charge in [-0.3, -0.25) is 9.69 Å². The van der Waals surface area contributed by atoms with Crippen LogP contribution in [-0.2, 0) is 14.3 Å². The zero-order valence-electron chi connectivity index (χ0n) is 24.8. The highest BCUT2D eigenvalue weighted by Gasteiger charge is 2.39. The van der Waals surface area contributed by atoms with Crippen molar-refractivity contribution in [3.8, 4) is 22.8 Å². The summed E-state index contributed by atoms with van der Waals surface area (Å²) in [7, 11) is 3.06. The van der Waals surface area contributed by atoms with E-state index in [1.54, 1.807) is 12.3 Å². The van der Waals surface area contributed by atoms with E-state index in [0.717, 1.165) is 37.9 Å². The lowest BCUT2D eigenvalue weighted by molar-refractivity contribution is -0.115. The summed E-state index contributed by atoms with van der Waals surface area (Å²) in [6, 6.07) is 3.84. The number of ether oxygens (including phenoxy) is 4. The Morgan fingerprint density at radius 1 is 1.16 bits per heavy atom. The van der Waals surface area contributed by atoms with Gasteiger partial charge in [0.25, 0.3) is 0 Å². The van der Waals surface area contributed by atoms with E-state index in [1.165, 1.54) is 20.3 Å². The second-order valence-corrected chi connectivity index (χ2v) is 12.1. The van der Waals surface area contributed by atoms with E-state index in [2.05, 4.69) is 27.1 Å². The highest BCUT2D eigenvalue weighted by molar-refractivity contribution is 6.41. The van der Waals surface area contributed by atoms with Gasteiger partial charge in [-0.25, -0.2) is 15.0 Å². The normalized spacial score (nSPS) is 22.1. The number of carbonyl (C=O) groups excluding carboxylic acids is 1. The van der Waals surface area contributed by atoms with E-state index in [-0.39, 0.29) is 23.8 Å². The van der Waals surface area contributed by atoms with Crippen LogP contribution in [0, 0.1) is 5.92 Å². The maximum atomic E-state index is 12.3. The summed E-state index contributed by atoms with van der Waals surface area (Å²) >= 11 is 13.5. The van der Waals surface area contributed by atoms with Crippen LogP contribution < -0.4 is 20.1 Å². The van der Waals surface area contributed by atoms with Crippen LogP contribution in [0.3, 0.4) is 0 Å². The number of fused-ring (bicyclic) bond motifs is 1. The number of allylic oxidation sites excluding steroid dienone is 1. The lowest BCUT2D eigenvalue weighted by Gasteiger charge is -2.34. The molecule has 0 aliphatic carbocycles. The molecular weight excluding hydrogens is 607 g/mol. The maximum absolute atomic E-state index is 12.3. The molecule has 2 N–H and O–H groups in total. The molecule has 234 valence electrons. The van der Waals surface area contributed by atoms with Gasteiger partial charge >= 0.3 is 0 Å². The molecule has 11 nitrogen and oxygen atoms in total. The summed E-state index contributed by atoms with van der Waals surface area (Å²) in [6.45, 7) is 7.95. The molecule has 3 aliphatic heterocycles. The largest absolute Gasteiger partial charge is 0.495 e. The monoisotopic (exact) mass is 642 g/mol.